The Morgan fingerprint density at radius 1 is 0.917 bits per heavy atom. The number of fused-ring (bicyclic) bond motifs is 1. The summed E-state index contributed by atoms with van der Waals surface area (Å²) in [5.41, 5.74) is -0.579. The molecule has 3 aromatic rings. The van der Waals surface area contributed by atoms with Gasteiger partial charge >= 0.3 is 12.4 Å². The minimum absolute atomic E-state index is 0.103. The summed E-state index contributed by atoms with van der Waals surface area (Å²) < 4.78 is 104. The minimum Gasteiger partial charge on any atom is -0.496 e. The highest BCUT2D eigenvalue weighted by Gasteiger charge is 2.37. The van der Waals surface area contributed by atoms with Crippen LogP contribution < -0.4 is 4.74 Å². The third kappa shape index (κ3) is 5.64. The van der Waals surface area contributed by atoms with E-state index in [0.717, 1.165) is 11.1 Å². The van der Waals surface area contributed by atoms with E-state index in [9.17, 15) is 30.7 Å². The van der Waals surface area contributed by atoms with Crippen LogP contribution in [0.1, 0.15) is 45.8 Å². The Morgan fingerprint density at radius 3 is 2.14 bits per heavy atom. The molecule has 0 fully saturated rings. The van der Waals surface area contributed by atoms with Gasteiger partial charge in [0.05, 0.1) is 42.6 Å². The molecule has 1 aliphatic rings. The molecule has 0 radical (unpaired) electrons. The number of alkyl halides is 6. The molecule has 2 aromatic carbocycles. The van der Waals surface area contributed by atoms with Crippen molar-refractivity contribution in [2.75, 3.05) is 13.7 Å². The van der Waals surface area contributed by atoms with E-state index < -0.39 is 41.3 Å². The Bertz CT molecular complexity index is 1170. The first-order valence-electron chi connectivity index (χ1n) is 11.1. The summed E-state index contributed by atoms with van der Waals surface area (Å²) in [6, 6.07) is 9.07. The molecule has 36 heavy (non-hydrogen) atoms. The number of hydrogen-bond donors (Lipinski definition) is 0. The van der Waals surface area contributed by atoms with Crippen LogP contribution in [-0.2, 0) is 29.9 Å². The average molecular weight is 513 g/mol. The number of pyridine rings is 1. The smallest absolute Gasteiger partial charge is 0.416 e. The molecule has 2 atom stereocenters. The molecule has 0 saturated carbocycles. The zero-order valence-electron chi connectivity index (χ0n) is 19.1. The molecule has 3 nitrogen and oxygen atoms in total. The molecule has 4 rings (SSSR count). The molecule has 0 bridgehead atoms. The first-order chi connectivity index (χ1) is 17.0. The monoisotopic (exact) mass is 513 g/mol. The SMILES string of the molecule is COc1ccnc2c1CCC(OCCc1cc(C(F)(F)F)cc(C(F)(F)F)c1)C2c1ccc(F)cc1. The first kappa shape index (κ1) is 25.9. The number of aromatic nitrogens is 1. The van der Waals surface area contributed by atoms with Crippen LogP contribution in [0.2, 0.25) is 0 Å². The molecule has 1 aliphatic carbocycles. The normalized spacial score (nSPS) is 18.1. The molecule has 2 unspecified atom stereocenters. The maximum absolute atomic E-state index is 13.6. The van der Waals surface area contributed by atoms with Crippen molar-refractivity contribution in [3.8, 4) is 5.75 Å². The van der Waals surface area contributed by atoms with E-state index in [2.05, 4.69) is 4.98 Å². The lowest BCUT2D eigenvalue weighted by molar-refractivity contribution is -0.143. The Morgan fingerprint density at radius 2 is 1.56 bits per heavy atom. The number of ether oxygens (including phenoxy) is 2. The van der Waals surface area contributed by atoms with Crippen molar-refractivity contribution in [1.82, 2.24) is 4.98 Å². The fourth-order valence-corrected chi connectivity index (χ4v) is 4.54. The maximum Gasteiger partial charge on any atom is 0.416 e. The highest BCUT2D eigenvalue weighted by Crippen LogP contribution is 2.41. The van der Waals surface area contributed by atoms with Gasteiger partial charge in [-0.2, -0.15) is 26.3 Å². The molecule has 0 amide bonds. The molecular weight excluding hydrogens is 491 g/mol. The number of nitrogens with zero attached hydrogens (tertiary/aromatic N) is 1. The Labute approximate surface area is 202 Å². The zero-order chi connectivity index (χ0) is 26.1. The van der Waals surface area contributed by atoms with Gasteiger partial charge in [-0.1, -0.05) is 12.1 Å². The van der Waals surface area contributed by atoms with Gasteiger partial charge in [0.25, 0.3) is 0 Å². The molecular formula is C26H22F7NO2. The summed E-state index contributed by atoms with van der Waals surface area (Å²) in [7, 11) is 1.54. The van der Waals surface area contributed by atoms with Crippen LogP contribution in [0.3, 0.4) is 0 Å². The lowest BCUT2D eigenvalue weighted by Crippen LogP contribution is -2.31. The standard InChI is InChI=1S/C26H22F7NO2/c1-35-21-8-10-34-24-20(21)6-7-22(23(24)16-2-4-19(27)5-3-16)36-11-9-15-12-17(25(28,29)30)14-18(13-15)26(31,32)33/h2-5,8,10,12-14,22-23H,6-7,9,11H2,1H3. The predicted molar refractivity (Wildman–Crippen MR) is 117 cm³/mol. The van der Waals surface area contributed by atoms with E-state index in [1.54, 1.807) is 24.4 Å². The second-order valence-electron chi connectivity index (χ2n) is 8.52. The fourth-order valence-electron chi connectivity index (χ4n) is 4.54. The molecule has 0 spiro atoms. The second-order valence-corrected chi connectivity index (χ2v) is 8.52. The third-order valence-corrected chi connectivity index (χ3v) is 6.21. The van der Waals surface area contributed by atoms with Gasteiger partial charge in [-0.3, -0.25) is 4.98 Å². The van der Waals surface area contributed by atoms with Crippen molar-refractivity contribution in [3.63, 3.8) is 0 Å². The van der Waals surface area contributed by atoms with Crippen molar-refractivity contribution < 1.29 is 40.2 Å². The largest absolute Gasteiger partial charge is 0.496 e. The number of rotatable bonds is 6. The quantitative estimate of drug-likeness (QED) is 0.334. The van der Waals surface area contributed by atoms with Crippen molar-refractivity contribution in [3.05, 3.63) is 94.1 Å². The zero-order valence-corrected chi connectivity index (χ0v) is 19.1. The van der Waals surface area contributed by atoms with Crippen LogP contribution in [-0.4, -0.2) is 24.8 Å². The van der Waals surface area contributed by atoms with Gasteiger partial charge in [-0.25, -0.2) is 4.39 Å². The van der Waals surface area contributed by atoms with E-state index in [1.165, 1.54) is 19.2 Å². The molecule has 1 aromatic heterocycles. The second kappa shape index (κ2) is 10.1. The van der Waals surface area contributed by atoms with Gasteiger partial charge in [0.15, 0.2) is 0 Å². The van der Waals surface area contributed by atoms with Crippen molar-refractivity contribution in [1.29, 1.82) is 0 Å². The van der Waals surface area contributed by atoms with Gasteiger partial charge in [0.1, 0.15) is 11.6 Å². The molecule has 1 heterocycles. The van der Waals surface area contributed by atoms with Crippen LogP contribution in [0, 0.1) is 5.82 Å². The molecule has 10 heteroatoms. The predicted octanol–water partition coefficient (Wildman–Crippen LogP) is 6.97. The fraction of sp³-hybridized carbons (Fsp3) is 0.346. The van der Waals surface area contributed by atoms with Crippen molar-refractivity contribution in [2.24, 2.45) is 0 Å². The van der Waals surface area contributed by atoms with Crippen LogP contribution in [0.15, 0.2) is 54.7 Å². The summed E-state index contributed by atoms with van der Waals surface area (Å²) in [5, 5.41) is 0. The van der Waals surface area contributed by atoms with E-state index in [1.807, 2.05) is 0 Å². The van der Waals surface area contributed by atoms with E-state index in [4.69, 9.17) is 9.47 Å². The third-order valence-electron chi connectivity index (χ3n) is 6.21. The summed E-state index contributed by atoms with van der Waals surface area (Å²) in [6.45, 7) is -0.111. The van der Waals surface area contributed by atoms with E-state index in [0.29, 0.717) is 36.4 Å². The Balaban J connectivity index is 1.59. The maximum atomic E-state index is 13.6. The summed E-state index contributed by atoms with van der Waals surface area (Å²) >= 11 is 0. The Kier molecular flexibility index (Phi) is 7.26. The van der Waals surface area contributed by atoms with Crippen molar-refractivity contribution >= 4 is 0 Å². The highest BCUT2D eigenvalue weighted by atomic mass is 19.4. The van der Waals surface area contributed by atoms with Gasteiger partial charge in [0, 0.05) is 11.8 Å². The minimum atomic E-state index is -4.91. The van der Waals surface area contributed by atoms with Crippen LogP contribution >= 0.6 is 0 Å². The number of benzene rings is 2. The van der Waals surface area contributed by atoms with Crippen molar-refractivity contribution in [2.45, 2.75) is 43.6 Å². The summed E-state index contributed by atoms with van der Waals surface area (Å²) in [6.07, 6.45) is -7.82. The molecule has 0 N–H and O–H groups in total. The molecule has 192 valence electrons. The van der Waals surface area contributed by atoms with Gasteiger partial charge in [-0.15, -0.1) is 0 Å². The van der Waals surface area contributed by atoms with E-state index >= 15 is 0 Å². The van der Waals surface area contributed by atoms with Crippen LogP contribution in [0.25, 0.3) is 0 Å². The molecule has 0 aliphatic heterocycles. The topological polar surface area (TPSA) is 31.4 Å². The lowest BCUT2D eigenvalue weighted by Gasteiger charge is -2.33. The number of hydrogen-bond acceptors (Lipinski definition) is 3. The highest BCUT2D eigenvalue weighted by molar-refractivity contribution is 5.44. The van der Waals surface area contributed by atoms with Crippen LogP contribution in [0.4, 0.5) is 30.7 Å². The van der Waals surface area contributed by atoms with Crippen LogP contribution in [0.5, 0.6) is 5.75 Å². The van der Waals surface area contributed by atoms with E-state index in [-0.39, 0.29) is 24.7 Å². The van der Waals surface area contributed by atoms with Gasteiger partial charge in [-0.05, 0) is 66.8 Å². The number of methoxy groups -OCH3 is 1. The summed E-state index contributed by atoms with van der Waals surface area (Å²) in [4.78, 5) is 4.50. The lowest BCUT2D eigenvalue weighted by atomic mass is 9.79. The average Bonchev–Trinajstić information content (AvgIpc) is 2.83. The Hall–Kier alpha value is -3.14. The first-order valence-corrected chi connectivity index (χ1v) is 11.1. The van der Waals surface area contributed by atoms with Gasteiger partial charge < -0.3 is 9.47 Å². The summed E-state index contributed by atoms with van der Waals surface area (Å²) in [5.74, 6) is -0.193. The number of halogens is 7. The molecule has 0 saturated heterocycles. The van der Waals surface area contributed by atoms with Gasteiger partial charge in [0.2, 0.25) is 0 Å².